The van der Waals surface area contributed by atoms with Crippen LogP contribution in [0.4, 0.5) is 0 Å². The molecule has 1 aliphatic carbocycles. The SMILES string of the molecule is O=C(N[C@@H]1CCC[C@H](O)C1)c1ccc(-c2nccc3occc23)cc1. The third-order valence-corrected chi connectivity index (χ3v) is 4.78. The molecule has 1 saturated carbocycles. The highest BCUT2D eigenvalue weighted by Gasteiger charge is 2.22. The zero-order valence-electron chi connectivity index (χ0n) is 13.8. The van der Waals surface area contributed by atoms with Crippen molar-refractivity contribution in [1.82, 2.24) is 10.3 Å². The molecule has 3 aromatic rings. The Hall–Kier alpha value is -2.66. The minimum Gasteiger partial charge on any atom is -0.464 e. The number of carbonyl (C=O) groups excluding carboxylic acids is 1. The van der Waals surface area contributed by atoms with Gasteiger partial charge in [0, 0.05) is 28.8 Å². The number of fused-ring (bicyclic) bond motifs is 1. The van der Waals surface area contributed by atoms with Crippen molar-refractivity contribution in [2.75, 3.05) is 0 Å². The first-order chi connectivity index (χ1) is 12.2. The molecule has 0 bridgehead atoms. The molecule has 2 heterocycles. The van der Waals surface area contributed by atoms with Crippen molar-refractivity contribution in [2.24, 2.45) is 0 Å². The molecule has 1 fully saturated rings. The predicted octanol–water partition coefficient (Wildman–Crippen LogP) is 3.53. The molecule has 2 aromatic heterocycles. The van der Waals surface area contributed by atoms with Gasteiger partial charge in [-0.15, -0.1) is 0 Å². The fourth-order valence-corrected chi connectivity index (χ4v) is 3.47. The molecule has 1 aromatic carbocycles. The Bertz CT molecular complexity index is 885. The van der Waals surface area contributed by atoms with Crippen LogP contribution in [0, 0.1) is 0 Å². The van der Waals surface area contributed by atoms with Gasteiger partial charge >= 0.3 is 0 Å². The maximum Gasteiger partial charge on any atom is 0.251 e. The Morgan fingerprint density at radius 1 is 1.16 bits per heavy atom. The van der Waals surface area contributed by atoms with E-state index in [0.717, 1.165) is 41.5 Å². The lowest BCUT2D eigenvalue weighted by Crippen LogP contribution is -2.39. The molecule has 0 unspecified atom stereocenters. The van der Waals surface area contributed by atoms with Crippen molar-refractivity contribution in [3.63, 3.8) is 0 Å². The van der Waals surface area contributed by atoms with E-state index in [2.05, 4.69) is 10.3 Å². The molecule has 0 saturated heterocycles. The van der Waals surface area contributed by atoms with Gasteiger partial charge in [-0.1, -0.05) is 12.1 Å². The fraction of sp³-hybridized carbons (Fsp3) is 0.300. The van der Waals surface area contributed by atoms with Crippen LogP contribution < -0.4 is 5.32 Å². The summed E-state index contributed by atoms with van der Waals surface area (Å²) in [5, 5.41) is 13.7. The molecule has 0 aliphatic heterocycles. The number of benzene rings is 1. The van der Waals surface area contributed by atoms with Crippen molar-refractivity contribution in [3.8, 4) is 11.3 Å². The molecular formula is C20H20N2O3. The van der Waals surface area contributed by atoms with Gasteiger partial charge in [0.1, 0.15) is 5.58 Å². The van der Waals surface area contributed by atoms with Gasteiger partial charge in [-0.3, -0.25) is 9.78 Å². The zero-order valence-corrected chi connectivity index (χ0v) is 13.8. The van der Waals surface area contributed by atoms with Crippen LogP contribution in [0.25, 0.3) is 22.2 Å². The molecule has 5 nitrogen and oxygen atoms in total. The molecule has 2 N–H and O–H groups in total. The Morgan fingerprint density at radius 2 is 2.00 bits per heavy atom. The van der Waals surface area contributed by atoms with Gasteiger partial charge in [-0.05, 0) is 49.9 Å². The maximum absolute atomic E-state index is 12.4. The minimum absolute atomic E-state index is 0.0530. The van der Waals surface area contributed by atoms with Crippen LogP contribution in [0.3, 0.4) is 0 Å². The van der Waals surface area contributed by atoms with Crippen LogP contribution in [-0.2, 0) is 0 Å². The summed E-state index contributed by atoms with van der Waals surface area (Å²) in [6.45, 7) is 0. The number of aliphatic hydroxyl groups is 1. The van der Waals surface area contributed by atoms with E-state index < -0.39 is 0 Å². The molecule has 25 heavy (non-hydrogen) atoms. The molecule has 4 rings (SSSR count). The number of pyridine rings is 1. The summed E-state index contributed by atoms with van der Waals surface area (Å²) in [5.74, 6) is -0.0971. The van der Waals surface area contributed by atoms with Crippen molar-refractivity contribution in [3.05, 3.63) is 54.4 Å². The number of rotatable bonds is 3. The number of hydrogen-bond acceptors (Lipinski definition) is 4. The maximum atomic E-state index is 12.4. The molecule has 5 heteroatoms. The van der Waals surface area contributed by atoms with Gasteiger partial charge in [0.15, 0.2) is 0 Å². The second-order valence-corrected chi connectivity index (χ2v) is 6.56. The predicted molar refractivity (Wildman–Crippen MR) is 95.2 cm³/mol. The van der Waals surface area contributed by atoms with Gasteiger partial charge in [0.05, 0.1) is 18.1 Å². The monoisotopic (exact) mass is 336 g/mol. The topological polar surface area (TPSA) is 75.4 Å². The van der Waals surface area contributed by atoms with E-state index in [-0.39, 0.29) is 18.1 Å². The number of hydrogen-bond donors (Lipinski definition) is 2. The van der Waals surface area contributed by atoms with Gasteiger partial charge in [0.2, 0.25) is 0 Å². The largest absolute Gasteiger partial charge is 0.464 e. The Balaban J connectivity index is 1.52. The highest BCUT2D eigenvalue weighted by atomic mass is 16.3. The van der Waals surface area contributed by atoms with Gasteiger partial charge in [-0.2, -0.15) is 0 Å². The summed E-state index contributed by atoms with van der Waals surface area (Å²) in [6.07, 6.45) is 6.40. The lowest BCUT2D eigenvalue weighted by atomic mass is 9.93. The Kier molecular flexibility index (Phi) is 4.24. The molecule has 128 valence electrons. The summed E-state index contributed by atoms with van der Waals surface area (Å²) < 4.78 is 5.41. The summed E-state index contributed by atoms with van der Waals surface area (Å²) >= 11 is 0. The zero-order chi connectivity index (χ0) is 17.2. The molecule has 1 amide bonds. The van der Waals surface area contributed by atoms with Crippen molar-refractivity contribution < 1.29 is 14.3 Å². The van der Waals surface area contributed by atoms with E-state index in [4.69, 9.17) is 4.42 Å². The van der Waals surface area contributed by atoms with Gasteiger partial charge in [0.25, 0.3) is 5.91 Å². The Morgan fingerprint density at radius 3 is 2.80 bits per heavy atom. The lowest BCUT2D eigenvalue weighted by Gasteiger charge is -2.26. The van der Waals surface area contributed by atoms with Crippen molar-refractivity contribution in [1.29, 1.82) is 0 Å². The number of furan rings is 1. The smallest absolute Gasteiger partial charge is 0.251 e. The van der Waals surface area contributed by atoms with Crippen LogP contribution >= 0.6 is 0 Å². The van der Waals surface area contributed by atoms with E-state index in [0.29, 0.717) is 12.0 Å². The number of nitrogens with zero attached hydrogens (tertiary/aromatic N) is 1. The number of nitrogens with one attached hydrogen (secondary N) is 1. The van der Waals surface area contributed by atoms with E-state index in [1.165, 1.54) is 0 Å². The standard InChI is InChI=1S/C20H20N2O3/c23-16-3-1-2-15(12-16)22-20(24)14-6-4-13(5-7-14)19-17-9-11-25-18(17)8-10-21-19/h4-11,15-16,23H,1-3,12H2,(H,22,24)/t15-,16+/m1/s1. The number of aliphatic hydroxyl groups excluding tert-OH is 1. The normalized spacial score (nSPS) is 20.5. The summed E-state index contributed by atoms with van der Waals surface area (Å²) in [5.41, 5.74) is 3.19. The number of aromatic nitrogens is 1. The minimum atomic E-state index is -0.303. The molecular weight excluding hydrogens is 316 g/mol. The molecule has 2 atom stereocenters. The summed E-state index contributed by atoms with van der Waals surface area (Å²) in [4.78, 5) is 16.9. The quantitative estimate of drug-likeness (QED) is 0.767. The van der Waals surface area contributed by atoms with Gasteiger partial charge in [-0.25, -0.2) is 0 Å². The van der Waals surface area contributed by atoms with Crippen molar-refractivity contribution >= 4 is 16.9 Å². The molecule has 1 aliphatic rings. The second kappa shape index (κ2) is 6.69. The highest BCUT2D eigenvalue weighted by molar-refractivity contribution is 5.96. The van der Waals surface area contributed by atoms with Crippen LogP contribution in [0.15, 0.2) is 53.3 Å². The first kappa shape index (κ1) is 15.8. The highest BCUT2D eigenvalue weighted by Crippen LogP contribution is 2.27. The van der Waals surface area contributed by atoms with Crippen LogP contribution in [0.2, 0.25) is 0 Å². The fourth-order valence-electron chi connectivity index (χ4n) is 3.47. The number of amides is 1. The van der Waals surface area contributed by atoms with E-state index >= 15 is 0 Å². The molecule has 0 spiro atoms. The van der Waals surface area contributed by atoms with Crippen LogP contribution in [0.1, 0.15) is 36.0 Å². The van der Waals surface area contributed by atoms with E-state index in [9.17, 15) is 9.90 Å². The third kappa shape index (κ3) is 3.28. The molecule has 0 radical (unpaired) electrons. The van der Waals surface area contributed by atoms with E-state index in [1.807, 2.05) is 36.4 Å². The average molecular weight is 336 g/mol. The summed E-state index contributed by atoms with van der Waals surface area (Å²) in [6, 6.07) is 11.2. The summed E-state index contributed by atoms with van der Waals surface area (Å²) in [7, 11) is 0. The van der Waals surface area contributed by atoms with Crippen LogP contribution in [0.5, 0.6) is 0 Å². The second-order valence-electron chi connectivity index (χ2n) is 6.56. The van der Waals surface area contributed by atoms with Crippen molar-refractivity contribution in [2.45, 2.75) is 37.8 Å². The Labute approximate surface area is 145 Å². The van der Waals surface area contributed by atoms with Crippen LogP contribution in [-0.4, -0.2) is 28.1 Å². The third-order valence-electron chi connectivity index (χ3n) is 4.78. The first-order valence-corrected chi connectivity index (χ1v) is 8.62. The van der Waals surface area contributed by atoms with Gasteiger partial charge < -0.3 is 14.8 Å². The first-order valence-electron chi connectivity index (χ1n) is 8.62. The average Bonchev–Trinajstić information content (AvgIpc) is 3.10. The lowest BCUT2D eigenvalue weighted by molar-refractivity contribution is 0.0850. The number of carbonyl (C=O) groups is 1. The van der Waals surface area contributed by atoms with E-state index in [1.54, 1.807) is 12.5 Å².